The molecule has 0 spiro atoms. The quantitative estimate of drug-likeness (QED) is 0.772. The molecule has 1 heterocycles. The van der Waals surface area contributed by atoms with Gasteiger partial charge in [-0.3, -0.25) is 4.79 Å². The zero-order chi connectivity index (χ0) is 12.2. The third kappa shape index (κ3) is 4.12. The Kier molecular flexibility index (Phi) is 4.36. The number of nitrogens with one attached hydrogen (secondary N) is 2. The summed E-state index contributed by atoms with van der Waals surface area (Å²) in [5.41, 5.74) is 0.0924. The maximum atomic E-state index is 12.1. The Morgan fingerprint density at radius 1 is 1.44 bits per heavy atom. The SMILES string of the molecule is CC(C)(C)CCNC(=O)C1(C)CCCNC1. The molecule has 1 unspecified atom stereocenters. The highest BCUT2D eigenvalue weighted by Crippen LogP contribution is 2.25. The number of rotatable bonds is 3. The van der Waals surface area contributed by atoms with Gasteiger partial charge >= 0.3 is 0 Å². The van der Waals surface area contributed by atoms with Crippen molar-refractivity contribution in [3.8, 4) is 0 Å². The summed E-state index contributed by atoms with van der Waals surface area (Å²) < 4.78 is 0. The van der Waals surface area contributed by atoms with Crippen LogP contribution in [0.15, 0.2) is 0 Å². The molecule has 16 heavy (non-hydrogen) atoms. The molecule has 94 valence electrons. The van der Waals surface area contributed by atoms with Gasteiger partial charge in [-0.25, -0.2) is 0 Å². The van der Waals surface area contributed by atoms with Gasteiger partial charge in [0.25, 0.3) is 0 Å². The molecule has 0 aromatic carbocycles. The van der Waals surface area contributed by atoms with Crippen molar-refractivity contribution < 1.29 is 4.79 Å². The lowest BCUT2D eigenvalue weighted by Crippen LogP contribution is -2.49. The first-order chi connectivity index (χ1) is 7.33. The molecule has 1 fully saturated rings. The zero-order valence-electron chi connectivity index (χ0n) is 11.2. The molecule has 1 aliphatic heterocycles. The van der Waals surface area contributed by atoms with Crippen molar-refractivity contribution in [2.75, 3.05) is 19.6 Å². The minimum absolute atomic E-state index is 0.198. The fourth-order valence-corrected chi connectivity index (χ4v) is 2.01. The van der Waals surface area contributed by atoms with E-state index in [0.717, 1.165) is 38.9 Å². The van der Waals surface area contributed by atoms with Crippen LogP contribution < -0.4 is 10.6 Å². The molecule has 1 aliphatic rings. The first-order valence-electron chi connectivity index (χ1n) is 6.33. The van der Waals surface area contributed by atoms with Gasteiger partial charge in [0.05, 0.1) is 5.41 Å². The second-order valence-corrected chi connectivity index (χ2v) is 6.41. The summed E-state index contributed by atoms with van der Waals surface area (Å²) in [6.07, 6.45) is 3.13. The molecule has 2 N–H and O–H groups in total. The van der Waals surface area contributed by atoms with E-state index in [9.17, 15) is 4.79 Å². The molecule has 0 aliphatic carbocycles. The van der Waals surface area contributed by atoms with Crippen LogP contribution in [0, 0.1) is 10.8 Å². The number of hydrogen-bond donors (Lipinski definition) is 2. The largest absolute Gasteiger partial charge is 0.356 e. The highest BCUT2D eigenvalue weighted by Gasteiger charge is 2.34. The summed E-state index contributed by atoms with van der Waals surface area (Å²) in [6.45, 7) is 11.3. The van der Waals surface area contributed by atoms with Crippen LogP contribution in [-0.4, -0.2) is 25.5 Å². The highest BCUT2D eigenvalue weighted by molar-refractivity contribution is 5.82. The maximum Gasteiger partial charge on any atom is 0.227 e. The molecule has 0 saturated carbocycles. The molecule has 1 rings (SSSR count). The molecule has 0 bridgehead atoms. The second kappa shape index (κ2) is 5.17. The van der Waals surface area contributed by atoms with Crippen LogP contribution in [0.3, 0.4) is 0 Å². The first kappa shape index (κ1) is 13.5. The average Bonchev–Trinajstić information content (AvgIpc) is 2.16. The van der Waals surface area contributed by atoms with Crippen molar-refractivity contribution in [2.45, 2.75) is 47.0 Å². The van der Waals surface area contributed by atoms with Crippen LogP contribution in [0.25, 0.3) is 0 Å². The Hall–Kier alpha value is -0.570. The molecule has 1 amide bonds. The Morgan fingerprint density at radius 3 is 2.62 bits per heavy atom. The summed E-state index contributed by atoms with van der Waals surface area (Å²) in [5.74, 6) is 0.212. The predicted octanol–water partition coefficient (Wildman–Crippen LogP) is 1.93. The smallest absolute Gasteiger partial charge is 0.227 e. The summed E-state index contributed by atoms with van der Waals surface area (Å²) in [5, 5.41) is 6.37. The summed E-state index contributed by atoms with van der Waals surface area (Å²) >= 11 is 0. The highest BCUT2D eigenvalue weighted by atomic mass is 16.2. The normalized spacial score (nSPS) is 26.5. The van der Waals surface area contributed by atoms with Crippen LogP contribution in [0.1, 0.15) is 47.0 Å². The average molecular weight is 226 g/mol. The van der Waals surface area contributed by atoms with E-state index < -0.39 is 0 Å². The van der Waals surface area contributed by atoms with Crippen LogP contribution in [0.5, 0.6) is 0 Å². The second-order valence-electron chi connectivity index (χ2n) is 6.41. The van der Waals surface area contributed by atoms with Gasteiger partial charge in [0.1, 0.15) is 0 Å². The summed E-state index contributed by atoms with van der Waals surface area (Å²) in [7, 11) is 0. The number of carbonyl (C=O) groups is 1. The van der Waals surface area contributed by atoms with E-state index in [1.807, 2.05) is 0 Å². The van der Waals surface area contributed by atoms with Crippen LogP contribution in [0.4, 0.5) is 0 Å². The molecule has 0 aromatic rings. The Bertz CT molecular complexity index is 237. The lowest BCUT2D eigenvalue weighted by atomic mass is 9.81. The van der Waals surface area contributed by atoms with Gasteiger partial charge in [-0.2, -0.15) is 0 Å². The number of carbonyl (C=O) groups excluding carboxylic acids is 1. The molecular weight excluding hydrogens is 200 g/mol. The third-order valence-electron chi connectivity index (χ3n) is 3.31. The van der Waals surface area contributed by atoms with Crippen molar-refractivity contribution in [3.63, 3.8) is 0 Å². The molecule has 3 nitrogen and oxygen atoms in total. The van der Waals surface area contributed by atoms with E-state index in [0.29, 0.717) is 5.41 Å². The fourth-order valence-electron chi connectivity index (χ4n) is 2.01. The van der Waals surface area contributed by atoms with Crippen LogP contribution >= 0.6 is 0 Å². The van der Waals surface area contributed by atoms with Crippen molar-refractivity contribution in [1.82, 2.24) is 10.6 Å². The van der Waals surface area contributed by atoms with Crippen molar-refractivity contribution in [1.29, 1.82) is 0 Å². The van der Waals surface area contributed by atoms with E-state index in [2.05, 4.69) is 38.3 Å². The van der Waals surface area contributed by atoms with Crippen molar-refractivity contribution >= 4 is 5.91 Å². The Morgan fingerprint density at radius 2 is 2.12 bits per heavy atom. The van der Waals surface area contributed by atoms with Gasteiger partial charge in [-0.15, -0.1) is 0 Å². The first-order valence-corrected chi connectivity index (χ1v) is 6.33. The third-order valence-corrected chi connectivity index (χ3v) is 3.31. The van der Waals surface area contributed by atoms with Crippen LogP contribution in [-0.2, 0) is 4.79 Å². The van der Waals surface area contributed by atoms with Crippen molar-refractivity contribution in [2.24, 2.45) is 10.8 Å². The lowest BCUT2D eigenvalue weighted by molar-refractivity contribution is -0.131. The topological polar surface area (TPSA) is 41.1 Å². The minimum atomic E-state index is -0.198. The van der Waals surface area contributed by atoms with E-state index in [1.54, 1.807) is 0 Å². The van der Waals surface area contributed by atoms with Gasteiger partial charge in [0.15, 0.2) is 0 Å². The predicted molar refractivity (Wildman–Crippen MR) is 67.3 cm³/mol. The van der Waals surface area contributed by atoms with E-state index in [4.69, 9.17) is 0 Å². The number of piperidine rings is 1. The number of amides is 1. The van der Waals surface area contributed by atoms with E-state index >= 15 is 0 Å². The van der Waals surface area contributed by atoms with Crippen LogP contribution in [0.2, 0.25) is 0 Å². The summed E-state index contributed by atoms with van der Waals surface area (Å²) in [4.78, 5) is 12.1. The standard InChI is InChI=1S/C13H26N2O/c1-12(2,3)7-9-15-11(16)13(4)6-5-8-14-10-13/h14H,5-10H2,1-4H3,(H,15,16). The monoisotopic (exact) mass is 226 g/mol. The molecule has 0 aromatic heterocycles. The van der Waals surface area contributed by atoms with E-state index in [-0.39, 0.29) is 11.3 Å². The minimum Gasteiger partial charge on any atom is -0.356 e. The van der Waals surface area contributed by atoms with Crippen molar-refractivity contribution in [3.05, 3.63) is 0 Å². The van der Waals surface area contributed by atoms with Gasteiger partial charge in [-0.1, -0.05) is 20.8 Å². The molecule has 0 radical (unpaired) electrons. The molecule has 1 saturated heterocycles. The zero-order valence-corrected chi connectivity index (χ0v) is 11.2. The van der Waals surface area contributed by atoms with Gasteiger partial charge in [-0.05, 0) is 38.1 Å². The van der Waals surface area contributed by atoms with Gasteiger partial charge in [0.2, 0.25) is 5.91 Å². The van der Waals surface area contributed by atoms with E-state index in [1.165, 1.54) is 0 Å². The lowest BCUT2D eigenvalue weighted by Gasteiger charge is -2.33. The Balaban J connectivity index is 2.34. The Labute approximate surface area is 99.4 Å². The van der Waals surface area contributed by atoms with Gasteiger partial charge < -0.3 is 10.6 Å². The number of hydrogen-bond acceptors (Lipinski definition) is 2. The fraction of sp³-hybridized carbons (Fsp3) is 0.923. The maximum absolute atomic E-state index is 12.1. The molecular formula is C13H26N2O. The summed E-state index contributed by atoms with van der Waals surface area (Å²) in [6, 6.07) is 0. The molecule has 1 atom stereocenters. The molecule has 3 heteroatoms. The van der Waals surface area contributed by atoms with Gasteiger partial charge in [0, 0.05) is 13.1 Å².